The zero-order chi connectivity index (χ0) is 14.5. The van der Waals surface area contributed by atoms with Crippen molar-refractivity contribution in [3.05, 3.63) is 29.8 Å². The topological polar surface area (TPSA) is 49.4 Å². The molecule has 108 valence electrons. The van der Waals surface area contributed by atoms with Crippen LogP contribution in [0.1, 0.15) is 37.0 Å². The van der Waals surface area contributed by atoms with E-state index in [1.165, 1.54) is 19.8 Å². The Labute approximate surface area is 120 Å². The van der Waals surface area contributed by atoms with Crippen molar-refractivity contribution in [2.24, 2.45) is 5.92 Å². The Morgan fingerprint density at radius 3 is 2.60 bits per heavy atom. The number of Topliss-reactive ketones (excluding diaryl/α,β-unsaturated/α-hetero) is 1. The van der Waals surface area contributed by atoms with Crippen LogP contribution < -0.4 is 5.32 Å². The molecule has 0 saturated carbocycles. The average molecular weight is 274 g/mol. The average Bonchev–Trinajstić information content (AvgIpc) is 2.39. The van der Waals surface area contributed by atoms with E-state index < -0.39 is 0 Å². The summed E-state index contributed by atoms with van der Waals surface area (Å²) in [4.78, 5) is 25.4. The van der Waals surface area contributed by atoms with E-state index in [0.29, 0.717) is 18.0 Å². The second-order valence-corrected chi connectivity index (χ2v) is 5.66. The monoisotopic (exact) mass is 274 g/mol. The Morgan fingerprint density at radius 1 is 1.30 bits per heavy atom. The van der Waals surface area contributed by atoms with Crippen LogP contribution in [0.3, 0.4) is 0 Å². The summed E-state index contributed by atoms with van der Waals surface area (Å²) in [6.07, 6.45) is 2.42. The van der Waals surface area contributed by atoms with Gasteiger partial charge in [-0.1, -0.05) is 6.92 Å². The number of rotatable bonds is 4. The standard InChI is InChI=1S/C16H22N2O2/c1-12-4-3-9-18(10-12)11-16(20)17-15-7-5-14(6-8-15)13(2)19/h5-8,12H,3-4,9-11H2,1-2H3,(H,17,20)/t12-/m1/s1. The first-order valence-electron chi connectivity index (χ1n) is 7.18. The van der Waals surface area contributed by atoms with E-state index in [-0.39, 0.29) is 11.7 Å². The van der Waals surface area contributed by atoms with E-state index in [0.717, 1.165) is 18.8 Å². The van der Waals surface area contributed by atoms with Crippen LogP contribution in [-0.2, 0) is 4.79 Å². The zero-order valence-electron chi connectivity index (χ0n) is 12.2. The molecule has 1 aliphatic rings. The van der Waals surface area contributed by atoms with Crippen molar-refractivity contribution in [3.8, 4) is 0 Å². The van der Waals surface area contributed by atoms with Gasteiger partial charge in [-0.3, -0.25) is 14.5 Å². The summed E-state index contributed by atoms with van der Waals surface area (Å²) < 4.78 is 0. The number of piperidine rings is 1. The number of carbonyl (C=O) groups excluding carboxylic acids is 2. The van der Waals surface area contributed by atoms with Crippen LogP contribution in [0, 0.1) is 5.92 Å². The number of likely N-dealkylation sites (tertiary alicyclic amines) is 1. The van der Waals surface area contributed by atoms with Gasteiger partial charge in [0.25, 0.3) is 0 Å². The molecule has 1 aromatic rings. The number of amides is 1. The first-order chi connectivity index (χ1) is 9.54. The van der Waals surface area contributed by atoms with Crippen molar-refractivity contribution in [1.29, 1.82) is 0 Å². The SMILES string of the molecule is CC(=O)c1ccc(NC(=O)CN2CCC[C@@H](C)C2)cc1. The number of hydrogen-bond donors (Lipinski definition) is 1. The van der Waals surface area contributed by atoms with Gasteiger partial charge >= 0.3 is 0 Å². The third-order valence-corrected chi connectivity index (χ3v) is 3.68. The molecule has 1 aliphatic heterocycles. The Morgan fingerprint density at radius 2 is 2.00 bits per heavy atom. The number of nitrogens with one attached hydrogen (secondary N) is 1. The van der Waals surface area contributed by atoms with Crippen molar-refractivity contribution in [2.45, 2.75) is 26.7 Å². The molecule has 0 unspecified atom stereocenters. The fraction of sp³-hybridized carbons (Fsp3) is 0.500. The van der Waals surface area contributed by atoms with Crippen molar-refractivity contribution < 1.29 is 9.59 Å². The molecule has 0 aromatic heterocycles. The van der Waals surface area contributed by atoms with Crippen LogP contribution >= 0.6 is 0 Å². The second-order valence-electron chi connectivity index (χ2n) is 5.66. The molecular weight excluding hydrogens is 252 g/mol. The van der Waals surface area contributed by atoms with E-state index in [1.54, 1.807) is 24.3 Å². The maximum absolute atomic E-state index is 12.0. The number of anilines is 1. The quantitative estimate of drug-likeness (QED) is 0.858. The number of benzene rings is 1. The number of nitrogens with zero attached hydrogens (tertiary/aromatic N) is 1. The molecule has 1 fully saturated rings. The molecule has 1 atom stereocenters. The van der Waals surface area contributed by atoms with Gasteiger partial charge in [0.1, 0.15) is 0 Å². The van der Waals surface area contributed by atoms with Gasteiger partial charge in [-0.05, 0) is 56.5 Å². The summed E-state index contributed by atoms with van der Waals surface area (Å²) in [6, 6.07) is 7.02. The van der Waals surface area contributed by atoms with Crippen molar-refractivity contribution in [3.63, 3.8) is 0 Å². The summed E-state index contributed by atoms with van der Waals surface area (Å²) >= 11 is 0. The molecular formula is C16H22N2O2. The summed E-state index contributed by atoms with van der Waals surface area (Å²) in [5.74, 6) is 0.714. The lowest BCUT2D eigenvalue weighted by molar-refractivity contribution is -0.117. The van der Waals surface area contributed by atoms with E-state index in [2.05, 4.69) is 17.1 Å². The van der Waals surface area contributed by atoms with Crippen molar-refractivity contribution >= 4 is 17.4 Å². The van der Waals surface area contributed by atoms with Gasteiger partial charge in [0.05, 0.1) is 6.54 Å². The minimum absolute atomic E-state index is 0.00896. The first kappa shape index (κ1) is 14.7. The lowest BCUT2D eigenvalue weighted by atomic mass is 10.0. The lowest BCUT2D eigenvalue weighted by Gasteiger charge is -2.30. The predicted molar refractivity (Wildman–Crippen MR) is 79.9 cm³/mol. The molecule has 0 bridgehead atoms. The van der Waals surface area contributed by atoms with E-state index in [4.69, 9.17) is 0 Å². The number of hydrogen-bond acceptors (Lipinski definition) is 3. The molecule has 0 radical (unpaired) electrons. The zero-order valence-corrected chi connectivity index (χ0v) is 12.2. The van der Waals surface area contributed by atoms with Crippen LogP contribution in [0.5, 0.6) is 0 Å². The third kappa shape index (κ3) is 4.17. The first-order valence-corrected chi connectivity index (χ1v) is 7.18. The number of ketones is 1. The predicted octanol–water partition coefficient (Wildman–Crippen LogP) is 2.56. The second kappa shape index (κ2) is 6.66. The van der Waals surface area contributed by atoms with Crippen molar-refractivity contribution in [1.82, 2.24) is 4.90 Å². The van der Waals surface area contributed by atoms with Crippen LogP contribution in [0.15, 0.2) is 24.3 Å². The fourth-order valence-corrected chi connectivity index (χ4v) is 2.62. The molecule has 2 rings (SSSR count). The highest BCUT2D eigenvalue weighted by Crippen LogP contribution is 2.15. The molecule has 1 heterocycles. The van der Waals surface area contributed by atoms with Gasteiger partial charge < -0.3 is 5.32 Å². The smallest absolute Gasteiger partial charge is 0.238 e. The van der Waals surface area contributed by atoms with Crippen molar-refractivity contribution in [2.75, 3.05) is 25.0 Å². The lowest BCUT2D eigenvalue weighted by Crippen LogP contribution is -2.39. The number of carbonyl (C=O) groups is 2. The summed E-state index contributed by atoms with van der Waals surface area (Å²) in [5.41, 5.74) is 1.40. The molecule has 0 spiro atoms. The summed E-state index contributed by atoms with van der Waals surface area (Å²) in [7, 11) is 0. The minimum atomic E-state index is 0.00896. The Balaban J connectivity index is 1.86. The fourth-order valence-electron chi connectivity index (χ4n) is 2.62. The maximum atomic E-state index is 12.0. The largest absolute Gasteiger partial charge is 0.325 e. The Kier molecular flexibility index (Phi) is 4.90. The Bertz CT molecular complexity index is 482. The normalized spacial score (nSPS) is 19.6. The highest BCUT2D eigenvalue weighted by molar-refractivity contribution is 5.96. The molecule has 1 aromatic carbocycles. The van der Waals surface area contributed by atoms with E-state index in [9.17, 15) is 9.59 Å². The van der Waals surface area contributed by atoms with Gasteiger partial charge in [0.2, 0.25) is 5.91 Å². The van der Waals surface area contributed by atoms with Crippen LogP contribution in [0.2, 0.25) is 0 Å². The third-order valence-electron chi connectivity index (χ3n) is 3.68. The van der Waals surface area contributed by atoms with Gasteiger partial charge in [0, 0.05) is 17.8 Å². The van der Waals surface area contributed by atoms with Crippen LogP contribution in [0.25, 0.3) is 0 Å². The Hall–Kier alpha value is -1.68. The molecule has 4 nitrogen and oxygen atoms in total. The highest BCUT2D eigenvalue weighted by Gasteiger charge is 2.18. The maximum Gasteiger partial charge on any atom is 0.238 e. The van der Waals surface area contributed by atoms with Crippen LogP contribution in [0.4, 0.5) is 5.69 Å². The minimum Gasteiger partial charge on any atom is -0.325 e. The van der Waals surface area contributed by atoms with Gasteiger partial charge in [-0.2, -0.15) is 0 Å². The van der Waals surface area contributed by atoms with Gasteiger partial charge in [0.15, 0.2) is 5.78 Å². The molecule has 1 saturated heterocycles. The molecule has 1 amide bonds. The van der Waals surface area contributed by atoms with Gasteiger partial charge in [-0.15, -0.1) is 0 Å². The molecule has 20 heavy (non-hydrogen) atoms. The highest BCUT2D eigenvalue weighted by atomic mass is 16.2. The van der Waals surface area contributed by atoms with E-state index in [1.807, 2.05) is 0 Å². The molecule has 4 heteroatoms. The summed E-state index contributed by atoms with van der Waals surface area (Å²) in [6.45, 7) is 6.20. The van der Waals surface area contributed by atoms with E-state index >= 15 is 0 Å². The summed E-state index contributed by atoms with van der Waals surface area (Å²) in [5, 5.41) is 2.88. The van der Waals surface area contributed by atoms with Gasteiger partial charge in [-0.25, -0.2) is 0 Å². The molecule has 0 aliphatic carbocycles. The van der Waals surface area contributed by atoms with Crippen LogP contribution in [-0.4, -0.2) is 36.2 Å². The molecule has 1 N–H and O–H groups in total.